The highest BCUT2D eigenvalue weighted by molar-refractivity contribution is 7.20. The predicted octanol–water partition coefficient (Wildman–Crippen LogP) is 3.06. The number of amidine groups is 1. The van der Waals surface area contributed by atoms with Gasteiger partial charge in [0.1, 0.15) is 5.82 Å². The van der Waals surface area contributed by atoms with Crippen molar-refractivity contribution in [3.63, 3.8) is 0 Å². The molecule has 0 radical (unpaired) electrons. The number of carbonyl (C=O) groups is 1. The lowest BCUT2D eigenvalue weighted by molar-refractivity contribution is 0.0517. The van der Waals surface area contributed by atoms with Gasteiger partial charge in [0.05, 0.1) is 22.5 Å². The number of hydrogen-bond acceptors (Lipinski definition) is 10. The number of aromatic nitrogens is 1. The largest absolute Gasteiger partial charge is 0.372 e. The number of hydrazone groups is 1. The van der Waals surface area contributed by atoms with Crippen LogP contribution in [0, 0.1) is 0 Å². The number of nitrogens with one attached hydrogen (secondary N) is 2. The van der Waals surface area contributed by atoms with Crippen LogP contribution in [0.15, 0.2) is 65.5 Å². The summed E-state index contributed by atoms with van der Waals surface area (Å²) in [5.74, 6) is 1.36. The minimum Gasteiger partial charge on any atom is -0.372 e. The minimum absolute atomic E-state index is 0.00910. The standard InChI is InChI=1S/C29H38N8O2S/c1-34(2)14-15-35(3)22-11-12-26(30-18-22)32-23-17-27(33-36(4)29(23)39)37-13-7-9-21(19-37)31-28(38)25-16-20-8-5-6-10-24(20)40-25/h5-6,8,10-12,16-18,21,29,39H,7,9,13-15,19H2,1-4H3,(H,30,32)(H,31,38). The van der Waals surface area contributed by atoms with E-state index in [0.29, 0.717) is 18.1 Å². The van der Waals surface area contributed by atoms with Gasteiger partial charge < -0.3 is 30.4 Å². The van der Waals surface area contributed by atoms with Crippen molar-refractivity contribution < 1.29 is 9.90 Å². The molecule has 11 heteroatoms. The summed E-state index contributed by atoms with van der Waals surface area (Å²) in [6, 6.07) is 14.0. The number of aliphatic hydroxyl groups excluding tert-OH is 1. The Labute approximate surface area is 239 Å². The number of benzene rings is 1. The molecular formula is C29H38N8O2S. The molecule has 0 aliphatic carbocycles. The summed E-state index contributed by atoms with van der Waals surface area (Å²) in [5.41, 5.74) is 1.63. The Balaban J connectivity index is 1.23. The summed E-state index contributed by atoms with van der Waals surface area (Å²) in [6.07, 6.45) is 4.64. The molecule has 1 fully saturated rings. The Morgan fingerprint density at radius 2 is 2.00 bits per heavy atom. The summed E-state index contributed by atoms with van der Waals surface area (Å²) in [4.78, 5) is 24.8. The lowest BCUT2D eigenvalue weighted by Gasteiger charge is -2.37. The van der Waals surface area contributed by atoms with Gasteiger partial charge in [-0.05, 0) is 56.6 Å². The lowest BCUT2D eigenvalue weighted by atomic mass is 10.0. The second kappa shape index (κ2) is 12.2. The molecule has 2 aliphatic rings. The maximum absolute atomic E-state index is 13.0. The topological polar surface area (TPSA) is 99.6 Å². The molecule has 5 rings (SSSR count). The Morgan fingerprint density at radius 3 is 2.75 bits per heavy atom. The second-order valence-corrected chi connectivity index (χ2v) is 11.7. The molecule has 40 heavy (non-hydrogen) atoms. The number of fused-ring (bicyclic) bond motifs is 1. The van der Waals surface area contributed by atoms with E-state index in [1.165, 1.54) is 11.3 Å². The highest BCUT2D eigenvalue weighted by Gasteiger charge is 2.28. The van der Waals surface area contributed by atoms with Gasteiger partial charge >= 0.3 is 0 Å². The molecule has 10 nitrogen and oxygen atoms in total. The van der Waals surface area contributed by atoms with E-state index in [4.69, 9.17) is 0 Å². The fourth-order valence-corrected chi connectivity index (χ4v) is 5.85. The minimum atomic E-state index is -0.916. The second-order valence-electron chi connectivity index (χ2n) is 10.7. The van der Waals surface area contributed by atoms with Gasteiger partial charge in [-0.1, -0.05) is 18.2 Å². The first-order chi connectivity index (χ1) is 19.3. The third kappa shape index (κ3) is 6.55. The zero-order valence-electron chi connectivity index (χ0n) is 23.5. The first-order valence-corrected chi connectivity index (χ1v) is 14.4. The van der Waals surface area contributed by atoms with Crippen LogP contribution < -0.4 is 15.5 Å². The quantitative estimate of drug-likeness (QED) is 0.385. The van der Waals surface area contributed by atoms with Crippen molar-refractivity contribution in [3.8, 4) is 0 Å². The molecular weight excluding hydrogens is 524 g/mol. The Morgan fingerprint density at radius 1 is 1.18 bits per heavy atom. The van der Waals surface area contributed by atoms with Crippen molar-refractivity contribution in [1.29, 1.82) is 0 Å². The van der Waals surface area contributed by atoms with Gasteiger partial charge in [-0.15, -0.1) is 11.3 Å². The van der Waals surface area contributed by atoms with E-state index < -0.39 is 6.23 Å². The van der Waals surface area contributed by atoms with Crippen LogP contribution in [-0.2, 0) is 0 Å². The highest BCUT2D eigenvalue weighted by Crippen LogP contribution is 2.26. The van der Waals surface area contributed by atoms with Crippen LogP contribution in [0.3, 0.4) is 0 Å². The monoisotopic (exact) mass is 562 g/mol. The van der Waals surface area contributed by atoms with E-state index in [-0.39, 0.29) is 11.9 Å². The SMILES string of the molecule is CN(C)CCN(C)c1ccc(NC2=CC(N3CCCC(NC(=O)c4cc5ccccc5s4)C3)=NN(C)C2O)nc1. The molecule has 1 aromatic carbocycles. The zero-order chi connectivity index (χ0) is 28.2. The summed E-state index contributed by atoms with van der Waals surface area (Å²) >= 11 is 1.52. The van der Waals surface area contributed by atoms with Crippen molar-refractivity contribution >= 4 is 44.7 Å². The van der Waals surface area contributed by atoms with Crippen LogP contribution in [-0.4, -0.2) is 103 Å². The lowest BCUT2D eigenvalue weighted by Crippen LogP contribution is -2.51. The molecule has 0 spiro atoms. The number of rotatable bonds is 8. The number of piperidine rings is 1. The number of thiophene rings is 1. The van der Waals surface area contributed by atoms with Crippen LogP contribution in [0.1, 0.15) is 22.5 Å². The fourth-order valence-electron chi connectivity index (χ4n) is 4.88. The number of likely N-dealkylation sites (tertiary alicyclic amines) is 1. The Hall–Kier alpha value is -3.67. The first kappa shape index (κ1) is 27.9. The molecule has 1 amide bonds. The highest BCUT2D eigenvalue weighted by atomic mass is 32.1. The normalized spacial score (nSPS) is 19.4. The summed E-state index contributed by atoms with van der Waals surface area (Å²) in [7, 11) is 7.92. The molecule has 2 unspecified atom stereocenters. The van der Waals surface area contributed by atoms with E-state index in [2.05, 4.69) is 56.6 Å². The molecule has 1 saturated heterocycles. The summed E-state index contributed by atoms with van der Waals surface area (Å²) < 4.78 is 1.11. The van der Waals surface area contributed by atoms with Gasteiger partial charge in [0, 0.05) is 57.1 Å². The van der Waals surface area contributed by atoms with E-state index in [0.717, 1.165) is 59.0 Å². The maximum atomic E-state index is 13.0. The smallest absolute Gasteiger partial charge is 0.261 e. The number of carbonyl (C=O) groups excluding carboxylic acids is 1. The average molecular weight is 563 g/mol. The molecule has 212 valence electrons. The molecule has 3 N–H and O–H groups in total. The molecule has 2 aromatic heterocycles. The van der Waals surface area contributed by atoms with Gasteiger partial charge in [0.2, 0.25) is 0 Å². The van der Waals surface area contributed by atoms with E-state index in [1.54, 1.807) is 12.1 Å². The number of amides is 1. The molecule has 2 aliphatic heterocycles. The van der Waals surface area contributed by atoms with Crippen LogP contribution in [0.4, 0.5) is 11.5 Å². The Bertz CT molecular complexity index is 1350. The molecule has 2 atom stereocenters. The van der Waals surface area contributed by atoms with Gasteiger partial charge in [-0.2, -0.15) is 5.10 Å². The summed E-state index contributed by atoms with van der Waals surface area (Å²) in [6.45, 7) is 3.33. The van der Waals surface area contributed by atoms with Gasteiger partial charge in [-0.3, -0.25) is 9.80 Å². The number of likely N-dealkylation sites (N-methyl/N-ethyl adjacent to an activating group) is 3. The molecule has 3 aromatic rings. The first-order valence-electron chi connectivity index (χ1n) is 13.6. The van der Waals surface area contributed by atoms with Crippen molar-refractivity contribution in [1.82, 2.24) is 25.1 Å². The van der Waals surface area contributed by atoms with Gasteiger partial charge in [0.15, 0.2) is 12.1 Å². The number of aliphatic hydroxyl groups is 1. The number of anilines is 2. The van der Waals surface area contributed by atoms with Crippen LogP contribution >= 0.6 is 11.3 Å². The van der Waals surface area contributed by atoms with Gasteiger partial charge in [-0.25, -0.2) is 4.98 Å². The van der Waals surface area contributed by atoms with Crippen molar-refractivity contribution in [2.75, 3.05) is 64.6 Å². The van der Waals surface area contributed by atoms with Crippen LogP contribution in [0.2, 0.25) is 0 Å². The van der Waals surface area contributed by atoms with Gasteiger partial charge in [0.25, 0.3) is 5.91 Å². The van der Waals surface area contributed by atoms with Crippen molar-refractivity contribution in [2.45, 2.75) is 25.1 Å². The van der Waals surface area contributed by atoms with Crippen LogP contribution in [0.25, 0.3) is 10.1 Å². The summed E-state index contributed by atoms with van der Waals surface area (Å²) in [5, 5.41) is 24.6. The number of nitrogens with zero attached hydrogens (tertiary/aromatic N) is 6. The molecule has 4 heterocycles. The zero-order valence-corrected chi connectivity index (χ0v) is 24.4. The molecule has 0 bridgehead atoms. The van der Waals surface area contributed by atoms with Crippen LogP contribution in [0.5, 0.6) is 0 Å². The average Bonchev–Trinajstić information content (AvgIpc) is 3.39. The third-order valence-electron chi connectivity index (χ3n) is 7.25. The number of hydrogen-bond donors (Lipinski definition) is 3. The maximum Gasteiger partial charge on any atom is 0.261 e. The van der Waals surface area contributed by atoms with E-state index >= 15 is 0 Å². The number of pyridine rings is 1. The molecule has 0 saturated carbocycles. The fraction of sp³-hybridized carbons (Fsp3) is 0.414. The van der Waals surface area contributed by atoms with E-state index in [1.807, 2.05) is 54.7 Å². The Kier molecular flexibility index (Phi) is 8.53. The predicted molar refractivity (Wildman–Crippen MR) is 163 cm³/mol. The van der Waals surface area contributed by atoms with E-state index in [9.17, 15) is 9.90 Å². The van der Waals surface area contributed by atoms with Crippen molar-refractivity contribution in [2.24, 2.45) is 5.10 Å². The van der Waals surface area contributed by atoms with Crippen molar-refractivity contribution in [3.05, 3.63) is 65.3 Å². The third-order valence-corrected chi connectivity index (χ3v) is 8.37.